The highest BCUT2D eigenvalue weighted by molar-refractivity contribution is 5.28. The van der Waals surface area contributed by atoms with E-state index < -0.39 is 0 Å². The second-order valence-corrected chi connectivity index (χ2v) is 7.70. The molecular weight excluding hydrogens is 312 g/mol. The second-order valence-electron chi connectivity index (χ2n) is 7.70. The molecule has 1 saturated heterocycles. The molecule has 2 fully saturated rings. The maximum atomic E-state index is 8.87. The number of aliphatic hydroxyl groups excluding tert-OH is 1. The summed E-state index contributed by atoms with van der Waals surface area (Å²) in [4.78, 5) is 2.69. The molecule has 1 unspecified atom stereocenters. The molecule has 0 aromatic heterocycles. The van der Waals surface area contributed by atoms with E-state index in [9.17, 15) is 0 Å². The zero-order valence-corrected chi connectivity index (χ0v) is 15.5. The third-order valence-corrected chi connectivity index (χ3v) is 5.60. The fraction of sp³-hybridized carbons (Fsp3) is 0.714. The minimum absolute atomic E-state index is 0.0569. The van der Waals surface area contributed by atoms with E-state index in [0.29, 0.717) is 12.6 Å². The van der Waals surface area contributed by atoms with Gasteiger partial charge in [-0.3, -0.25) is 0 Å². The van der Waals surface area contributed by atoms with Crippen molar-refractivity contribution in [3.8, 4) is 5.75 Å². The third kappa shape index (κ3) is 6.28. The molecule has 0 spiro atoms. The van der Waals surface area contributed by atoms with Crippen molar-refractivity contribution in [2.24, 2.45) is 5.92 Å². The number of ether oxygens (including phenoxy) is 1. The summed E-state index contributed by atoms with van der Waals surface area (Å²) in [5, 5.41) is 12.6. The number of nitrogens with zero attached hydrogens (tertiary/aromatic N) is 1. The normalized spacial score (nSPS) is 22.8. The highest BCUT2D eigenvalue weighted by Crippen LogP contribution is 2.25. The number of rotatable bonds is 8. The van der Waals surface area contributed by atoms with Crippen LogP contribution >= 0.6 is 0 Å². The van der Waals surface area contributed by atoms with Gasteiger partial charge in [0.15, 0.2) is 0 Å². The molecule has 1 aliphatic heterocycles. The van der Waals surface area contributed by atoms with Gasteiger partial charge in [-0.25, -0.2) is 0 Å². The number of nitrogens with one attached hydrogen (secondary N) is 1. The van der Waals surface area contributed by atoms with Crippen LogP contribution in [0.4, 0.5) is 0 Å². The van der Waals surface area contributed by atoms with Gasteiger partial charge in [0.2, 0.25) is 0 Å². The molecule has 4 heteroatoms. The Labute approximate surface area is 152 Å². The molecule has 1 atom stereocenters. The molecule has 1 aromatic rings. The van der Waals surface area contributed by atoms with Crippen LogP contribution in [0.5, 0.6) is 5.75 Å². The average Bonchev–Trinajstić information content (AvgIpc) is 2.66. The first-order valence-corrected chi connectivity index (χ1v) is 10.1. The Morgan fingerprint density at radius 2 is 2.00 bits per heavy atom. The lowest BCUT2D eigenvalue weighted by Crippen LogP contribution is -2.47. The quantitative estimate of drug-likeness (QED) is 0.759. The minimum atomic E-state index is 0.0569. The number of hydrogen-bond acceptors (Lipinski definition) is 4. The van der Waals surface area contributed by atoms with E-state index in [1.807, 2.05) is 12.1 Å². The van der Waals surface area contributed by atoms with Gasteiger partial charge in [0, 0.05) is 25.7 Å². The third-order valence-electron chi connectivity index (χ3n) is 5.60. The van der Waals surface area contributed by atoms with Crippen molar-refractivity contribution in [1.82, 2.24) is 10.2 Å². The fourth-order valence-electron chi connectivity index (χ4n) is 4.29. The van der Waals surface area contributed by atoms with Crippen LogP contribution in [0.2, 0.25) is 0 Å². The van der Waals surface area contributed by atoms with Gasteiger partial charge in [0.25, 0.3) is 0 Å². The number of likely N-dealkylation sites (tertiary alicyclic amines) is 1. The summed E-state index contributed by atoms with van der Waals surface area (Å²) >= 11 is 0. The lowest BCUT2D eigenvalue weighted by atomic mass is 9.88. The van der Waals surface area contributed by atoms with E-state index in [0.717, 1.165) is 18.2 Å². The first kappa shape index (κ1) is 18.7. The molecular formula is C21H34N2O2. The lowest BCUT2D eigenvalue weighted by molar-refractivity contribution is 0.149. The van der Waals surface area contributed by atoms with Crippen LogP contribution in [0.1, 0.15) is 50.5 Å². The van der Waals surface area contributed by atoms with Crippen molar-refractivity contribution in [3.63, 3.8) is 0 Å². The summed E-state index contributed by atoms with van der Waals surface area (Å²) in [6.07, 6.45) is 9.79. The molecule has 0 radical (unpaired) electrons. The highest BCUT2D eigenvalue weighted by atomic mass is 16.5. The molecule has 1 saturated carbocycles. The Bertz CT molecular complexity index is 502. The summed E-state index contributed by atoms with van der Waals surface area (Å²) in [5.41, 5.74) is 1.25. The van der Waals surface area contributed by atoms with Crippen LogP contribution in [-0.2, 0) is 6.54 Å². The van der Waals surface area contributed by atoms with Crippen molar-refractivity contribution in [2.45, 2.75) is 57.5 Å². The number of aliphatic hydroxyl groups is 1. The first-order chi connectivity index (χ1) is 12.3. The van der Waals surface area contributed by atoms with Gasteiger partial charge < -0.3 is 20.1 Å². The molecule has 140 valence electrons. The molecule has 1 aromatic carbocycles. The fourth-order valence-corrected chi connectivity index (χ4v) is 4.29. The van der Waals surface area contributed by atoms with E-state index >= 15 is 0 Å². The maximum Gasteiger partial charge on any atom is 0.119 e. The standard InChI is InChI=1S/C21H34N2O2/c24-12-13-25-21-10-4-8-19(14-21)15-22-20-9-5-11-23(17-20)16-18-6-2-1-3-7-18/h4,8,10,14,18,20,22,24H,1-3,5-7,9,11-13,15-17H2. The zero-order chi connectivity index (χ0) is 17.3. The monoisotopic (exact) mass is 346 g/mol. The van der Waals surface area contributed by atoms with Crippen LogP contribution in [0.15, 0.2) is 24.3 Å². The van der Waals surface area contributed by atoms with E-state index in [1.54, 1.807) is 0 Å². The Balaban J connectivity index is 1.43. The molecule has 2 aliphatic rings. The first-order valence-electron chi connectivity index (χ1n) is 10.1. The van der Waals surface area contributed by atoms with Crippen LogP contribution in [0.3, 0.4) is 0 Å². The van der Waals surface area contributed by atoms with Gasteiger partial charge in [-0.05, 0) is 55.8 Å². The highest BCUT2D eigenvalue weighted by Gasteiger charge is 2.23. The van der Waals surface area contributed by atoms with Gasteiger partial charge in [-0.1, -0.05) is 31.4 Å². The van der Waals surface area contributed by atoms with Crippen molar-refractivity contribution in [2.75, 3.05) is 32.8 Å². The minimum Gasteiger partial charge on any atom is -0.491 e. The van der Waals surface area contributed by atoms with Gasteiger partial charge in [0.05, 0.1) is 6.61 Å². The molecule has 1 heterocycles. The molecule has 2 N–H and O–H groups in total. The zero-order valence-electron chi connectivity index (χ0n) is 15.5. The summed E-state index contributed by atoms with van der Waals surface area (Å²) in [6.45, 7) is 5.08. The molecule has 0 bridgehead atoms. The van der Waals surface area contributed by atoms with Gasteiger partial charge >= 0.3 is 0 Å². The van der Waals surface area contributed by atoms with Crippen LogP contribution < -0.4 is 10.1 Å². The Hall–Kier alpha value is -1.10. The summed E-state index contributed by atoms with van der Waals surface area (Å²) in [5.74, 6) is 1.78. The van der Waals surface area contributed by atoms with Gasteiger partial charge in [0.1, 0.15) is 12.4 Å². The molecule has 3 rings (SSSR count). The van der Waals surface area contributed by atoms with Crippen molar-refractivity contribution in [1.29, 1.82) is 0 Å². The number of piperidine rings is 1. The number of benzene rings is 1. The second kappa shape index (κ2) is 10.1. The van der Waals surface area contributed by atoms with Crippen LogP contribution in [0.25, 0.3) is 0 Å². The predicted octanol–water partition coefficient (Wildman–Crippen LogP) is 3.19. The summed E-state index contributed by atoms with van der Waals surface area (Å²) in [6, 6.07) is 8.79. The SMILES string of the molecule is OCCOc1cccc(CNC2CCCN(CC3CCCCC3)C2)c1. The molecule has 4 nitrogen and oxygen atoms in total. The predicted molar refractivity (Wildman–Crippen MR) is 102 cm³/mol. The van der Waals surface area contributed by atoms with Crippen LogP contribution in [-0.4, -0.2) is 48.9 Å². The van der Waals surface area contributed by atoms with E-state index in [4.69, 9.17) is 9.84 Å². The van der Waals surface area contributed by atoms with Crippen molar-refractivity contribution < 1.29 is 9.84 Å². The molecule has 1 aliphatic carbocycles. The van der Waals surface area contributed by atoms with Crippen molar-refractivity contribution >= 4 is 0 Å². The van der Waals surface area contributed by atoms with E-state index in [1.165, 1.54) is 70.1 Å². The smallest absolute Gasteiger partial charge is 0.119 e. The summed E-state index contributed by atoms with van der Waals surface area (Å²) < 4.78 is 5.50. The average molecular weight is 347 g/mol. The van der Waals surface area contributed by atoms with E-state index in [2.05, 4.69) is 22.3 Å². The molecule has 0 amide bonds. The van der Waals surface area contributed by atoms with Crippen molar-refractivity contribution in [3.05, 3.63) is 29.8 Å². The Morgan fingerprint density at radius 3 is 2.84 bits per heavy atom. The van der Waals surface area contributed by atoms with Gasteiger partial charge in [-0.2, -0.15) is 0 Å². The summed E-state index contributed by atoms with van der Waals surface area (Å²) in [7, 11) is 0. The Morgan fingerprint density at radius 1 is 1.12 bits per heavy atom. The maximum absolute atomic E-state index is 8.87. The molecule has 25 heavy (non-hydrogen) atoms. The largest absolute Gasteiger partial charge is 0.491 e. The topological polar surface area (TPSA) is 44.7 Å². The van der Waals surface area contributed by atoms with E-state index in [-0.39, 0.29) is 6.61 Å². The Kier molecular flexibility index (Phi) is 7.58. The lowest BCUT2D eigenvalue weighted by Gasteiger charge is -2.36. The number of hydrogen-bond donors (Lipinski definition) is 2. The van der Waals surface area contributed by atoms with Gasteiger partial charge in [-0.15, -0.1) is 0 Å². The van der Waals surface area contributed by atoms with Crippen LogP contribution in [0, 0.1) is 5.92 Å².